The van der Waals surface area contributed by atoms with Crippen LogP contribution < -0.4 is 10.9 Å². The molecule has 6 nitrogen and oxygen atoms in total. The summed E-state index contributed by atoms with van der Waals surface area (Å²) in [5.41, 5.74) is 0.930. The molecule has 2 rings (SSSR count). The first-order valence-corrected chi connectivity index (χ1v) is 7.37. The molecule has 0 radical (unpaired) electrons. The third kappa shape index (κ3) is 4.35. The van der Waals surface area contributed by atoms with Crippen LogP contribution in [-0.4, -0.2) is 21.5 Å². The van der Waals surface area contributed by atoms with E-state index in [2.05, 4.69) is 10.4 Å². The highest BCUT2D eigenvalue weighted by Gasteiger charge is 2.11. The number of anilines is 1. The van der Waals surface area contributed by atoms with Crippen molar-refractivity contribution in [3.8, 4) is 0 Å². The summed E-state index contributed by atoms with van der Waals surface area (Å²) in [4.78, 5) is 35.4. The molecule has 2 aromatic rings. The summed E-state index contributed by atoms with van der Waals surface area (Å²) < 4.78 is 1.28. The van der Waals surface area contributed by atoms with Crippen molar-refractivity contribution in [3.05, 3.63) is 58.0 Å². The molecule has 23 heavy (non-hydrogen) atoms. The lowest BCUT2D eigenvalue weighted by Gasteiger charge is -2.10. The summed E-state index contributed by atoms with van der Waals surface area (Å²) in [6, 6.07) is 9.39. The highest BCUT2D eigenvalue weighted by Crippen LogP contribution is 2.12. The maximum Gasteiger partial charge on any atom is 0.276 e. The number of hydrogen-bond donors (Lipinski definition) is 1. The number of Topliss-reactive ketones (excluding diaryl/α,β-unsaturated/α-hetero) is 1. The monoisotopic (exact) mass is 313 g/mol. The number of aromatic nitrogens is 2. The summed E-state index contributed by atoms with van der Waals surface area (Å²) in [5, 5.41) is 6.78. The van der Waals surface area contributed by atoms with Crippen molar-refractivity contribution in [1.82, 2.24) is 9.78 Å². The van der Waals surface area contributed by atoms with E-state index in [0.717, 1.165) is 0 Å². The first kappa shape index (κ1) is 16.6. The van der Waals surface area contributed by atoms with E-state index >= 15 is 0 Å². The van der Waals surface area contributed by atoms with E-state index in [4.69, 9.17) is 0 Å². The highest BCUT2D eigenvalue weighted by molar-refractivity contribution is 6.03. The van der Waals surface area contributed by atoms with Gasteiger partial charge in [-0.2, -0.15) is 5.10 Å². The zero-order valence-electron chi connectivity index (χ0n) is 13.4. The number of carbonyl (C=O) groups excluding carboxylic acids is 2. The van der Waals surface area contributed by atoms with Crippen LogP contribution in [-0.2, 0) is 6.54 Å². The van der Waals surface area contributed by atoms with Crippen LogP contribution in [0.25, 0.3) is 0 Å². The number of nitrogens with one attached hydrogen (secondary N) is 1. The third-order valence-electron chi connectivity index (χ3n) is 3.16. The Morgan fingerprint density at radius 3 is 2.61 bits per heavy atom. The Bertz CT molecular complexity index is 794. The summed E-state index contributed by atoms with van der Waals surface area (Å²) >= 11 is 0. The van der Waals surface area contributed by atoms with E-state index in [9.17, 15) is 14.4 Å². The molecular formula is C17H19N3O3. The predicted molar refractivity (Wildman–Crippen MR) is 87.7 cm³/mol. The molecule has 1 N–H and O–H groups in total. The standard InChI is InChI=1S/C17H19N3O3/c1-11(2)10-20-16(22)8-7-15(19-20)17(23)18-14-6-4-5-13(9-14)12(3)21/h4-9,11H,10H2,1-3H3,(H,18,23). The van der Waals surface area contributed by atoms with E-state index < -0.39 is 5.91 Å². The van der Waals surface area contributed by atoms with Gasteiger partial charge in [-0.05, 0) is 31.0 Å². The number of nitrogens with zero attached hydrogens (tertiary/aromatic N) is 2. The Morgan fingerprint density at radius 1 is 1.22 bits per heavy atom. The number of rotatable bonds is 5. The van der Waals surface area contributed by atoms with Crippen molar-refractivity contribution in [2.75, 3.05) is 5.32 Å². The number of hydrogen-bond acceptors (Lipinski definition) is 4. The number of amides is 1. The van der Waals surface area contributed by atoms with Gasteiger partial charge in [-0.25, -0.2) is 4.68 Å². The lowest BCUT2D eigenvalue weighted by atomic mass is 10.1. The molecule has 0 saturated heterocycles. The fourth-order valence-corrected chi connectivity index (χ4v) is 2.06. The van der Waals surface area contributed by atoms with Gasteiger partial charge in [0.2, 0.25) is 0 Å². The van der Waals surface area contributed by atoms with Gasteiger partial charge in [-0.1, -0.05) is 26.0 Å². The van der Waals surface area contributed by atoms with Crippen molar-refractivity contribution < 1.29 is 9.59 Å². The van der Waals surface area contributed by atoms with Crippen molar-refractivity contribution in [2.45, 2.75) is 27.3 Å². The minimum absolute atomic E-state index is 0.0790. The van der Waals surface area contributed by atoms with Crippen LogP contribution in [0.4, 0.5) is 5.69 Å². The van der Waals surface area contributed by atoms with Gasteiger partial charge in [0.05, 0.1) is 0 Å². The third-order valence-corrected chi connectivity index (χ3v) is 3.16. The van der Waals surface area contributed by atoms with Crippen LogP contribution in [0.1, 0.15) is 41.6 Å². The fourth-order valence-electron chi connectivity index (χ4n) is 2.06. The largest absolute Gasteiger partial charge is 0.321 e. The Hall–Kier alpha value is -2.76. The first-order chi connectivity index (χ1) is 10.9. The molecule has 0 unspecified atom stereocenters. The van der Waals surface area contributed by atoms with Crippen LogP contribution >= 0.6 is 0 Å². The molecule has 1 aromatic carbocycles. The van der Waals surface area contributed by atoms with Gasteiger partial charge in [0.25, 0.3) is 11.5 Å². The van der Waals surface area contributed by atoms with Crippen molar-refractivity contribution in [3.63, 3.8) is 0 Å². The predicted octanol–water partition coefficient (Wildman–Crippen LogP) is 2.35. The molecule has 1 heterocycles. The molecule has 0 saturated carbocycles. The van der Waals surface area contributed by atoms with Crippen LogP contribution in [0, 0.1) is 5.92 Å². The zero-order chi connectivity index (χ0) is 17.0. The van der Waals surface area contributed by atoms with E-state index in [1.165, 1.54) is 23.7 Å². The minimum atomic E-state index is -0.428. The van der Waals surface area contributed by atoms with E-state index in [1.54, 1.807) is 24.3 Å². The van der Waals surface area contributed by atoms with Gasteiger partial charge in [0.1, 0.15) is 5.69 Å². The molecule has 0 atom stereocenters. The topological polar surface area (TPSA) is 81.1 Å². The smallest absolute Gasteiger partial charge is 0.276 e. The lowest BCUT2D eigenvalue weighted by Crippen LogP contribution is -2.27. The molecule has 0 spiro atoms. The molecule has 0 aliphatic heterocycles. The molecule has 0 aliphatic carbocycles. The van der Waals surface area contributed by atoms with E-state index in [0.29, 0.717) is 17.8 Å². The van der Waals surface area contributed by atoms with Crippen LogP contribution in [0.5, 0.6) is 0 Å². The van der Waals surface area contributed by atoms with Crippen LogP contribution in [0.3, 0.4) is 0 Å². The zero-order valence-corrected chi connectivity index (χ0v) is 13.4. The molecule has 6 heteroatoms. The van der Waals surface area contributed by atoms with Crippen molar-refractivity contribution in [2.24, 2.45) is 5.92 Å². The second-order valence-corrected chi connectivity index (χ2v) is 5.72. The van der Waals surface area contributed by atoms with Gasteiger partial charge in [-0.3, -0.25) is 14.4 Å². The molecular weight excluding hydrogens is 294 g/mol. The summed E-state index contributed by atoms with van der Waals surface area (Å²) in [5.74, 6) is -0.265. The second kappa shape index (κ2) is 7.00. The average Bonchev–Trinajstić information content (AvgIpc) is 2.49. The van der Waals surface area contributed by atoms with Crippen molar-refractivity contribution >= 4 is 17.4 Å². The van der Waals surface area contributed by atoms with Gasteiger partial charge >= 0.3 is 0 Å². The fraction of sp³-hybridized carbons (Fsp3) is 0.294. The molecule has 120 valence electrons. The Balaban J connectivity index is 2.22. The van der Waals surface area contributed by atoms with Gasteiger partial charge in [0, 0.05) is 23.9 Å². The minimum Gasteiger partial charge on any atom is -0.321 e. The number of benzene rings is 1. The molecule has 1 aromatic heterocycles. The Kier molecular flexibility index (Phi) is 5.05. The first-order valence-electron chi connectivity index (χ1n) is 7.37. The summed E-state index contributed by atoms with van der Waals surface area (Å²) in [6.07, 6.45) is 0. The van der Waals surface area contributed by atoms with Gasteiger partial charge in [0.15, 0.2) is 5.78 Å². The normalized spacial score (nSPS) is 10.6. The average molecular weight is 313 g/mol. The van der Waals surface area contributed by atoms with E-state index in [1.807, 2.05) is 13.8 Å². The maximum atomic E-state index is 12.3. The van der Waals surface area contributed by atoms with Gasteiger partial charge < -0.3 is 5.32 Å². The van der Waals surface area contributed by atoms with E-state index in [-0.39, 0.29) is 23.0 Å². The lowest BCUT2D eigenvalue weighted by molar-refractivity contribution is 0.100. The summed E-state index contributed by atoms with van der Waals surface area (Å²) in [7, 11) is 0. The van der Waals surface area contributed by atoms with Gasteiger partial charge in [-0.15, -0.1) is 0 Å². The SMILES string of the molecule is CC(=O)c1cccc(NC(=O)c2ccc(=O)n(CC(C)C)n2)c1. The molecule has 0 aliphatic rings. The Labute approximate surface area is 134 Å². The number of carbonyl (C=O) groups is 2. The van der Waals surface area contributed by atoms with Crippen LogP contribution in [0.15, 0.2) is 41.2 Å². The van der Waals surface area contributed by atoms with Crippen LogP contribution in [0.2, 0.25) is 0 Å². The molecule has 0 fully saturated rings. The number of ketones is 1. The Morgan fingerprint density at radius 2 is 1.96 bits per heavy atom. The second-order valence-electron chi connectivity index (χ2n) is 5.72. The molecule has 1 amide bonds. The highest BCUT2D eigenvalue weighted by atomic mass is 16.2. The van der Waals surface area contributed by atoms with Crippen molar-refractivity contribution in [1.29, 1.82) is 0 Å². The summed E-state index contributed by atoms with van der Waals surface area (Å²) in [6.45, 7) is 5.84. The molecule has 0 bridgehead atoms. The quantitative estimate of drug-likeness (QED) is 0.859. The maximum absolute atomic E-state index is 12.3.